The number of hydrogen-bond acceptors (Lipinski definition) is 5. The van der Waals surface area contributed by atoms with Crippen molar-refractivity contribution < 1.29 is 23.2 Å². The quantitative estimate of drug-likeness (QED) is 0.575. The number of carboxylic acid groups (broad SMARTS) is 1. The number of hydrogen-bond donors (Lipinski definition) is 2. The molecule has 0 fully saturated rings. The van der Waals surface area contributed by atoms with E-state index in [1.807, 2.05) is 0 Å². The Bertz CT molecular complexity index is 727. The number of sulfonamides is 1. The van der Waals surface area contributed by atoms with Gasteiger partial charge in [-0.1, -0.05) is 13.8 Å². The fourth-order valence-electron chi connectivity index (χ4n) is 2.23. The van der Waals surface area contributed by atoms with Crippen molar-refractivity contribution in [2.45, 2.75) is 45.1 Å². The van der Waals surface area contributed by atoms with Crippen LogP contribution in [0, 0.1) is 29.9 Å². The Hall–Kier alpha value is -2.00. The van der Waals surface area contributed by atoms with Crippen LogP contribution in [0.1, 0.15) is 31.4 Å². The van der Waals surface area contributed by atoms with Gasteiger partial charge in [0.15, 0.2) is 0 Å². The molecule has 1 rings (SSSR count). The van der Waals surface area contributed by atoms with Crippen LogP contribution in [-0.4, -0.2) is 30.5 Å². The molecule has 0 aliphatic carbocycles. The minimum Gasteiger partial charge on any atom is -0.480 e. The number of nitro benzene ring substituents is 1. The standard InChI is InChI=1S/C14H20N2O6S/c1-8(2)5-11(14(17)18)15-23(21,22)13-7-12(16(19)20)9(3)6-10(13)4/h6-8,11,15H,5H2,1-4H3,(H,17,18)/t11-/m0/s1. The van der Waals surface area contributed by atoms with Gasteiger partial charge in [-0.05, 0) is 37.8 Å². The molecule has 0 saturated heterocycles. The number of nitrogens with zero attached hydrogens (tertiary/aromatic N) is 1. The molecule has 0 bridgehead atoms. The van der Waals surface area contributed by atoms with E-state index >= 15 is 0 Å². The topological polar surface area (TPSA) is 127 Å². The first-order chi connectivity index (χ1) is 10.5. The summed E-state index contributed by atoms with van der Waals surface area (Å²) in [6, 6.07) is 1.06. The van der Waals surface area contributed by atoms with Gasteiger partial charge < -0.3 is 5.11 Å². The van der Waals surface area contributed by atoms with Crippen LogP contribution in [0.2, 0.25) is 0 Å². The van der Waals surface area contributed by atoms with E-state index in [-0.39, 0.29) is 22.9 Å². The molecule has 0 aliphatic heterocycles. The van der Waals surface area contributed by atoms with Crippen molar-refractivity contribution in [3.63, 3.8) is 0 Å². The van der Waals surface area contributed by atoms with Crippen LogP contribution in [0.15, 0.2) is 17.0 Å². The molecular formula is C14H20N2O6S. The molecule has 9 heteroatoms. The van der Waals surface area contributed by atoms with E-state index in [1.165, 1.54) is 19.9 Å². The summed E-state index contributed by atoms with van der Waals surface area (Å²) in [7, 11) is -4.19. The highest BCUT2D eigenvalue weighted by atomic mass is 32.2. The molecule has 0 radical (unpaired) electrons. The third-order valence-electron chi connectivity index (χ3n) is 3.28. The van der Waals surface area contributed by atoms with Crippen molar-refractivity contribution in [3.05, 3.63) is 33.4 Å². The van der Waals surface area contributed by atoms with E-state index in [0.717, 1.165) is 6.07 Å². The van der Waals surface area contributed by atoms with E-state index in [9.17, 15) is 23.3 Å². The average molecular weight is 344 g/mol. The van der Waals surface area contributed by atoms with Gasteiger partial charge in [-0.25, -0.2) is 8.42 Å². The second kappa shape index (κ2) is 7.05. The van der Waals surface area contributed by atoms with Crippen LogP contribution in [0.25, 0.3) is 0 Å². The number of nitrogens with one attached hydrogen (secondary N) is 1. The number of carboxylic acids is 1. The fourth-order valence-corrected chi connectivity index (χ4v) is 3.68. The van der Waals surface area contributed by atoms with Gasteiger partial charge in [0, 0.05) is 11.6 Å². The van der Waals surface area contributed by atoms with Gasteiger partial charge >= 0.3 is 5.97 Å². The van der Waals surface area contributed by atoms with E-state index in [2.05, 4.69) is 4.72 Å². The number of nitro groups is 1. The first kappa shape index (κ1) is 19.0. The van der Waals surface area contributed by atoms with Crippen LogP contribution in [0.4, 0.5) is 5.69 Å². The Morgan fingerprint density at radius 3 is 2.30 bits per heavy atom. The lowest BCUT2D eigenvalue weighted by Gasteiger charge is -2.17. The minimum atomic E-state index is -4.19. The van der Waals surface area contributed by atoms with Crippen molar-refractivity contribution in [2.24, 2.45) is 5.92 Å². The summed E-state index contributed by atoms with van der Waals surface area (Å²) in [4.78, 5) is 21.3. The van der Waals surface area contributed by atoms with Crippen molar-refractivity contribution in [1.82, 2.24) is 4.72 Å². The van der Waals surface area contributed by atoms with Crippen LogP contribution in [0.3, 0.4) is 0 Å². The summed E-state index contributed by atoms with van der Waals surface area (Å²) in [6.07, 6.45) is 0.113. The molecule has 0 spiro atoms. The van der Waals surface area contributed by atoms with Gasteiger partial charge in [-0.3, -0.25) is 14.9 Å². The molecule has 2 N–H and O–H groups in total. The highest BCUT2D eigenvalue weighted by molar-refractivity contribution is 7.89. The van der Waals surface area contributed by atoms with Gasteiger partial charge in [0.2, 0.25) is 10.0 Å². The number of rotatable bonds is 7. The SMILES string of the molecule is Cc1cc(C)c(S(=O)(=O)N[C@@H](CC(C)C)C(=O)O)cc1[N+](=O)[O-]. The third-order valence-corrected chi connectivity index (χ3v) is 4.90. The maximum atomic E-state index is 12.4. The summed E-state index contributed by atoms with van der Waals surface area (Å²) in [6.45, 7) is 6.55. The van der Waals surface area contributed by atoms with E-state index in [1.54, 1.807) is 13.8 Å². The van der Waals surface area contributed by atoms with Gasteiger partial charge in [0.25, 0.3) is 5.69 Å². The zero-order valence-electron chi connectivity index (χ0n) is 13.4. The van der Waals surface area contributed by atoms with Crippen LogP contribution in [-0.2, 0) is 14.8 Å². The van der Waals surface area contributed by atoms with Gasteiger partial charge in [0.1, 0.15) is 6.04 Å². The summed E-state index contributed by atoms with van der Waals surface area (Å²) in [5, 5.41) is 20.1. The van der Waals surface area contributed by atoms with Crippen molar-refractivity contribution in [1.29, 1.82) is 0 Å². The lowest BCUT2D eigenvalue weighted by Crippen LogP contribution is -2.41. The zero-order chi connectivity index (χ0) is 17.9. The van der Waals surface area contributed by atoms with Crippen LogP contribution < -0.4 is 4.72 Å². The smallest absolute Gasteiger partial charge is 0.321 e. The molecule has 0 saturated carbocycles. The first-order valence-corrected chi connectivity index (χ1v) is 8.44. The minimum absolute atomic E-state index is 0.0350. The van der Waals surface area contributed by atoms with Crippen LogP contribution >= 0.6 is 0 Å². The number of aliphatic carboxylic acids is 1. The monoisotopic (exact) mass is 344 g/mol. The van der Waals surface area contributed by atoms with Crippen molar-refractivity contribution >= 4 is 21.7 Å². The van der Waals surface area contributed by atoms with Gasteiger partial charge in [-0.15, -0.1) is 0 Å². The Labute approximate surface area is 134 Å². The Kier molecular flexibility index (Phi) is 5.84. The highest BCUT2D eigenvalue weighted by Crippen LogP contribution is 2.26. The molecule has 1 atom stereocenters. The van der Waals surface area contributed by atoms with E-state index < -0.39 is 27.0 Å². The zero-order valence-corrected chi connectivity index (χ0v) is 14.2. The number of carbonyl (C=O) groups is 1. The summed E-state index contributed by atoms with van der Waals surface area (Å²) in [5.41, 5.74) is 0.324. The Morgan fingerprint density at radius 1 is 1.30 bits per heavy atom. The van der Waals surface area contributed by atoms with Crippen LogP contribution in [0.5, 0.6) is 0 Å². The molecule has 0 amide bonds. The lowest BCUT2D eigenvalue weighted by atomic mass is 10.1. The maximum absolute atomic E-state index is 12.4. The molecule has 0 heterocycles. The van der Waals surface area contributed by atoms with Crippen molar-refractivity contribution in [2.75, 3.05) is 0 Å². The summed E-state index contributed by atoms with van der Waals surface area (Å²) < 4.78 is 27.0. The second-order valence-electron chi connectivity index (χ2n) is 5.80. The van der Waals surface area contributed by atoms with Crippen molar-refractivity contribution in [3.8, 4) is 0 Å². The fraction of sp³-hybridized carbons (Fsp3) is 0.500. The largest absolute Gasteiger partial charge is 0.480 e. The molecule has 128 valence electrons. The second-order valence-corrected chi connectivity index (χ2v) is 7.49. The Morgan fingerprint density at radius 2 is 1.87 bits per heavy atom. The maximum Gasteiger partial charge on any atom is 0.321 e. The molecule has 0 aliphatic rings. The highest BCUT2D eigenvalue weighted by Gasteiger charge is 2.29. The molecule has 0 unspecified atom stereocenters. The number of benzene rings is 1. The molecule has 0 aromatic heterocycles. The predicted molar refractivity (Wildman–Crippen MR) is 83.8 cm³/mol. The Balaban J connectivity index is 3.30. The normalized spacial score (nSPS) is 13.1. The van der Waals surface area contributed by atoms with E-state index in [4.69, 9.17) is 5.11 Å². The lowest BCUT2D eigenvalue weighted by molar-refractivity contribution is -0.385. The molecule has 8 nitrogen and oxygen atoms in total. The number of aryl methyl sites for hydroxylation is 2. The van der Waals surface area contributed by atoms with E-state index in [0.29, 0.717) is 11.1 Å². The predicted octanol–water partition coefficient (Wildman–Crippen LogP) is 1.99. The summed E-state index contributed by atoms with van der Waals surface area (Å²) >= 11 is 0. The molecular weight excluding hydrogens is 324 g/mol. The van der Waals surface area contributed by atoms with Gasteiger partial charge in [-0.2, -0.15) is 4.72 Å². The third kappa shape index (κ3) is 4.73. The van der Waals surface area contributed by atoms with Gasteiger partial charge in [0.05, 0.1) is 9.82 Å². The first-order valence-electron chi connectivity index (χ1n) is 6.96. The molecule has 23 heavy (non-hydrogen) atoms. The summed E-state index contributed by atoms with van der Waals surface area (Å²) in [5.74, 6) is -1.33. The average Bonchev–Trinajstić information content (AvgIpc) is 2.35. The molecule has 1 aromatic rings. The molecule has 1 aromatic carbocycles.